The van der Waals surface area contributed by atoms with Gasteiger partial charge in [0.05, 0.1) is 0 Å². The Balaban J connectivity index is 0.000000174. The van der Waals surface area contributed by atoms with Gasteiger partial charge in [0.25, 0.3) is 23.6 Å². The number of carbonyl (C=O) groups excluding carboxylic acids is 4. The number of amides is 4. The molecule has 0 aromatic heterocycles. The van der Waals surface area contributed by atoms with Crippen LogP contribution in [0.15, 0.2) is 109 Å². The van der Waals surface area contributed by atoms with Gasteiger partial charge in [-0.1, -0.05) is 73.5 Å². The van der Waals surface area contributed by atoms with E-state index in [1.54, 1.807) is 16.8 Å². The molecule has 57 heavy (non-hydrogen) atoms. The Morgan fingerprint density at radius 1 is 0.509 bits per heavy atom. The largest absolute Gasteiger partial charge is 0.338 e. The van der Waals surface area contributed by atoms with E-state index in [0.717, 1.165) is 54.7 Å². The zero-order valence-electron chi connectivity index (χ0n) is 33.7. The number of hydrogen-bond acceptors (Lipinski definition) is 4. The zero-order chi connectivity index (χ0) is 39.7. The predicted octanol–water partition coefficient (Wildman–Crippen LogP) is 8.97. The molecule has 2 atom stereocenters. The highest BCUT2D eigenvalue weighted by Gasteiger charge is 2.36. The van der Waals surface area contributed by atoms with Gasteiger partial charge in [0.2, 0.25) is 0 Å². The number of piperidine rings is 1. The summed E-state index contributed by atoms with van der Waals surface area (Å²) < 4.78 is 0. The lowest BCUT2D eigenvalue weighted by atomic mass is 9.78. The second-order valence-electron chi connectivity index (χ2n) is 16.8. The average molecular weight is 767 g/mol. The average Bonchev–Trinajstić information content (AvgIpc) is 3.61. The summed E-state index contributed by atoms with van der Waals surface area (Å²) in [7, 11) is 3.62. The summed E-state index contributed by atoms with van der Waals surface area (Å²) in [6, 6.07) is 34.6. The van der Waals surface area contributed by atoms with Crippen molar-refractivity contribution in [2.45, 2.75) is 83.3 Å². The molecule has 4 aromatic rings. The fourth-order valence-corrected chi connectivity index (χ4v) is 9.48. The lowest BCUT2D eigenvalue weighted by Crippen LogP contribution is -2.49. The van der Waals surface area contributed by atoms with Crippen molar-refractivity contribution in [2.75, 3.05) is 33.7 Å². The Hall–Kier alpha value is -5.24. The van der Waals surface area contributed by atoms with Gasteiger partial charge in [-0.15, -0.1) is 0 Å². The van der Waals surface area contributed by atoms with E-state index >= 15 is 0 Å². The SMILES string of the molecule is CN(Cc1ccc(C(=O)N2CC3CCC(CC3)C2)cc1)C(=O)c1ccccc1.CN(Cc1ccc(C(=O)N2CCCC3CCCCC32)cc1)C(=O)c1ccccc1. The van der Waals surface area contributed by atoms with Gasteiger partial charge in [-0.25, -0.2) is 0 Å². The van der Waals surface area contributed by atoms with Crippen LogP contribution in [0.1, 0.15) is 117 Å². The monoisotopic (exact) mass is 766 g/mol. The summed E-state index contributed by atoms with van der Waals surface area (Å²) in [5, 5.41) is 0. The first-order valence-electron chi connectivity index (χ1n) is 21.1. The van der Waals surface area contributed by atoms with Gasteiger partial charge < -0.3 is 19.6 Å². The molecule has 2 bridgehead atoms. The molecule has 3 saturated heterocycles. The minimum absolute atomic E-state index is 0.000736. The van der Waals surface area contributed by atoms with Crippen LogP contribution in [0.3, 0.4) is 0 Å². The highest BCUT2D eigenvalue weighted by Crippen LogP contribution is 2.36. The molecule has 8 heteroatoms. The summed E-state index contributed by atoms with van der Waals surface area (Å²) in [6.07, 6.45) is 12.5. The van der Waals surface area contributed by atoms with E-state index in [9.17, 15) is 19.2 Å². The van der Waals surface area contributed by atoms with Gasteiger partial charge in [0, 0.05) is 75.1 Å². The van der Waals surface area contributed by atoms with E-state index in [2.05, 4.69) is 9.80 Å². The molecule has 5 fully saturated rings. The first-order chi connectivity index (χ1) is 27.7. The molecule has 0 radical (unpaired) electrons. The molecule has 2 unspecified atom stereocenters. The third-order valence-electron chi connectivity index (χ3n) is 12.7. The van der Waals surface area contributed by atoms with Crippen LogP contribution < -0.4 is 0 Å². The highest BCUT2D eigenvalue weighted by atomic mass is 16.2. The van der Waals surface area contributed by atoms with Gasteiger partial charge in [-0.2, -0.15) is 0 Å². The van der Waals surface area contributed by atoms with Crippen LogP contribution >= 0.6 is 0 Å². The second kappa shape index (κ2) is 18.8. The third kappa shape index (κ3) is 10.0. The van der Waals surface area contributed by atoms with Crippen LogP contribution in [0, 0.1) is 17.8 Å². The lowest BCUT2D eigenvalue weighted by Gasteiger charge is -2.44. The van der Waals surface area contributed by atoms with Crippen LogP contribution in [0.25, 0.3) is 0 Å². The predicted molar refractivity (Wildman–Crippen MR) is 225 cm³/mol. The molecule has 4 amide bonds. The van der Waals surface area contributed by atoms with Crippen molar-refractivity contribution < 1.29 is 19.2 Å². The number of carbonyl (C=O) groups is 4. The molecule has 298 valence electrons. The molecule has 9 rings (SSSR count). The minimum atomic E-state index is 0.000736. The van der Waals surface area contributed by atoms with E-state index < -0.39 is 0 Å². The number of nitrogens with zero attached hydrogens (tertiary/aromatic N) is 4. The maximum absolute atomic E-state index is 13.1. The molecule has 5 aliphatic rings. The van der Waals surface area contributed by atoms with Crippen LogP contribution in [0.2, 0.25) is 0 Å². The molecule has 0 N–H and O–H groups in total. The van der Waals surface area contributed by atoms with Gasteiger partial charge >= 0.3 is 0 Å². The van der Waals surface area contributed by atoms with Gasteiger partial charge in [-0.05, 0) is 129 Å². The van der Waals surface area contributed by atoms with Gasteiger partial charge in [0.15, 0.2) is 0 Å². The summed E-state index contributed by atoms with van der Waals surface area (Å²) in [5.41, 5.74) is 4.95. The van der Waals surface area contributed by atoms with Crippen molar-refractivity contribution in [3.8, 4) is 0 Å². The van der Waals surface area contributed by atoms with Crippen molar-refractivity contribution in [1.82, 2.24) is 19.6 Å². The fourth-order valence-electron chi connectivity index (χ4n) is 9.48. The summed E-state index contributed by atoms with van der Waals surface area (Å²) in [4.78, 5) is 58.7. The van der Waals surface area contributed by atoms with Gasteiger partial charge in [-0.3, -0.25) is 19.2 Å². The highest BCUT2D eigenvalue weighted by molar-refractivity contribution is 5.96. The summed E-state index contributed by atoms with van der Waals surface area (Å²) >= 11 is 0. The first-order valence-corrected chi connectivity index (χ1v) is 21.1. The Bertz CT molecular complexity index is 1940. The lowest BCUT2D eigenvalue weighted by molar-refractivity contribution is 0.0390. The summed E-state index contributed by atoms with van der Waals surface area (Å²) in [5.74, 6) is 2.38. The number of rotatable bonds is 8. The number of likely N-dealkylation sites (tertiary alicyclic amines) is 1. The summed E-state index contributed by atoms with van der Waals surface area (Å²) in [6.45, 7) is 3.75. The molecule has 2 aliphatic carbocycles. The number of hydrogen-bond donors (Lipinski definition) is 0. The topological polar surface area (TPSA) is 81.2 Å². The molecule has 3 aliphatic heterocycles. The molecule has 4 aromatic carbocycles. The molecule has 2 saturated carbocycles. The van der Waals surface area contributed by atoms with E-state index in [1.807, 2.05) is 116 Å². The quantitative estimate of drug-likeness (QED) is 0.179. The fraction of sp³-hybridized carbons (Fsp3) is 0.429. The molecule has 0 spiro atoms. The van der Waals surface area contributed by atoms with Crippen molar-refractivity contribution in [1.29, 1.82) is 0 Å². The van der Waals surface area contributed by atoms with Crippen LogP contribution in [0.5, 0.6) is 0 Å². The molecular weight excluding hydrogens is 709 g/mol. The molecular formula is C49H58N4O4. The molecule has 8 nitrogen and oxygen atoms in total. The Morgan fingerprint density at radius 2 is 0.947 bits per heavy atom. The maximum atomic E-state index is 13.1. The van der Waals surface area contributed by atoms with E-state index in [4.69, 9.17) is 0 Å². The smallest absolute Gasteiger partial charge is 0.254 e. The van der Waals surface area contributed by atoms with Crippen LogP contribution in [-0.4, -0.2) is 83.0 Å². The maximum Gasteiger partial charge on any atom is 0.254 e. The normalized spacial score (nSPS) is 21.3. The number of benzene rings is 4. The first kappa shape index (κ1) is 40.0. The number of fused-ring (bicyclic) bond motifs is 5. The zero-order valence-corrected chi connectivity index (χ0v) is 33.7. The Kier molecular flexibility index (Phi) is 13.2. The van der Waals surface area contributed by atoms with E-state index in [0.29, 0.717) is 48.0 Å². The van der Waals surface area contributed by atoms with E-state index in [1.165, 1.54) is 51.4 Å². The van der Waals surface area contributed by atoms with Crippen molar-refractivity contribution >= 4 is 23.6 Å². The van der Waals surface area contributed by atoms with Crippen molar-refractivity contribution in [3.63, 3.8) is 0 Å². The second-order valence-corrected chi connectivity index (χ2v) is 16.8. The molecule has 3 heterocycles. The Labute approximate surface area is 338 Å². The third-order valence-corrected chi connectivity index (χ3v) is 12.7. The van der Waals surface area contributed by atoms with E-state index in [-0.39, 0.29) is 23.6 Å². The van der Waals surface area contributed by atoms with Gasteiger partial charge in [0.1, 0.15) is 0 Å². The van der Waals surface area contributed by atoms with Crippen LogP contribution in [-0.2, 0) is 13.1 Å². The van der Waals surface area contributed by atoms with Crippen LogP contribution in [0.4, 0.5) is 0 Å². The van der Waals surface area contributed by atoms with Crippen molar-refractivity contribution in [2.24, 2.45) is 17.8 Å². The minimum Gasteiger partial charge on any atom is -0.338 e. The Morgan fingerprint density at radius 3 is 1.44 bits per heavy atom. The van der Waals surface area contributed by atoms with Crippen molar-refractivity contribution in [3.05, 3.63) is 143 Å². The standard InChI is InChI=1S/C25H30N2O2.C24H28N2O2/c1-26(24(28)21-9-3-2-4-10-21)18-19-13-15-22(16-14-19)25(29)27-17-7-11-20-8-5-6-12-23(20)27;1-25(23(27)21-5-3-2-4-6-21)15-18-11-13-22(14-12-18)24(28)26-16-19-7-8-20(17-26)10-9-19/h2-4,9-10,13-16,20,23H,5-8,11-12,17-18H2,1H3;2-6,11-14,19-20H,7-10,15-17H2,1H3.